The Hall–Kier alpha value is -1.91. The molecule has 1 aromatic heterocycles. The first-order chi connectivity index (χ1) is 5.66. The van der Waals surface area contributed by atoms with Gasteiger partial charge in [-0.3, -0.25) is 9.78 Å². The lowest BCUT2D eigenvalue weighted by Crippen LogP contribution is -2.02. The molecule has 5 nitrogen and oxygen atoms in total. The number of rotatable bonds is 2. The molecule has 62 valence electrons. The molecule has 0 spiro atoms. The maximum atomic E-state index is 10.4. The summed E-state index contributed by atoms with van der Waals surface area (Å²) in [6, 6.07) is 0. The fourth-order valence-corrected chi connectivity index (χ4v) is 0.754. The van der Waals surface area contributed by atoms with Crippen molar-refractivity contribution in [2.75, 3.05) is 0 Å². The second-order valence-corrected chi connectivity index (χ2v) is 2.04. The number of nitrogens with zero attached hydrogens (tertiary/aromatic N) is 1. The van der Waals surface area contributed by atoms with Gasteiger partial charge in [0.05, 0.1) is 17.3 Å². The molecule has 0 aliphatic carbocycles. The van der Waals surface area contributed by atoms with Crippen LogP contribution in [0.5, 0.6) is 5.75 Å². The summed E-state index contributed by atoms with van der Waals surface area (Å²) in [5.74, 6) is -1.72. The standard InChI is InChI=1S/C7H5NO4/c9-3-5-4(7(11)12)1-8-2-6(5)10/h1-3,10H,(H,11,12). The van der Waals surface area contributed by atoms with E-state index in [1.54, 1.807) is 0 Å². The highest BCUT2D eigenvalue weighted by Gasteiger charge is 2.12. The summed E-state index contributed by atoms with van der Waals surface area (Å²) < 4.78 is 0. The molecule has 0 atom stereocenters. The zero-order valence-electron chi connectivity index (χ0n) is 5.89. The lowest BCUT2D eigenvalue weighted by atomic mass is 10.1. The van der Waals surface area contributed by atoms with Crippen LogP contribution in [0.3, 0.4) is 0 Å². The van der Waals surface area contributed by atoms with Gasteiger partial charge in [0.15, 0.2) is 6.29 Å². The Morgan fingerprint density at radius 2 is 2.17 bits per heavy atom. The topological polar surface area (TPSA) is 87.5 Å². The van der Waals surface area contributed by atoms with Gasteiger partial charge < -0.3 is 10.2 Å². The Bertz CT molecular complexity index is 334. The molecule has 1 aromatic rings. The molecule has 0 aliphatic rings. The van der Waals surface area contributed by atoms with E-state index in [0.29, 0.717) is 0 Å². The highest BCUT2D eigenvalue weighted by atomic mass is 16.4. The van der Waals surface area contributed by atoms with Crippen LogP contribution in [0.25, 0.3) is 0 Å². The zero-order valence-corrected chi connectivity index (χ0v) is 5.89. The maximum Gasteiger partial charge on any atom is 0.338 e. The van der Waals surface area contributed by atoms with Crippen molar-refractivity contribution in [3.8, 4) is 5.75 Å². The lowest BCUT2D eigenvalue weighted by Gasteiger charge is -1.99. The SMILES string of the molecule is O=Cc1c(O)cncc1C(=O)O. The van der Waals surface area contributed by atoms with Crippen molar-refractivity contribution in [3.05, 3.63) is 23.5 Å². The Balaban J connectivity index is 3.37. The first-order valence-corrected chi connectivity index (χ1v) is 3.02. The van der Waals surface area contributed by atoms with E-state index < -0.39 is 11.7 Å². The minimum absolute atomic E-state index is 0.252. The number of carbonyl (C=O) groups excluding carboxylic acids is 1. The Labute approximate surface area is 67.3 Å². The van der Waals surface area contributed by atoms with Gasteiger partial charge >= 0.3 is 5.97 Å². The van der Waals surface area contributed by atoms with Gasteiger partial charge in [0.25, 0.3) is 0 Å². The fourth-order valence-electron chi connectivity index (χ4n) is 0.754. The first-order valence-electron chi connectivity index (χ1n) is 3.02. The number of aromatic hydroxyl groups is 1. The molecule has 0 amide bonds. The fraction of sp³-hybridized carbons (Fsp3) is 0. The summed E-state index contributed by atoms with van der Waals surface area (Å²) in [6.45, 7) is 0. The van der Waals surface area contributed by atoms with Crippen molar-refractivity contribution < 1.29 is 19.8 Å². The lowest BCUT2D eigenvalue weighted by molar-refractivity contribution is 0.0693. The predicted molar refractivity (Wildman–Crippen MR) is 38.2 cm³/mol. The monoisotopic (exact) mass is 167 g/mol. The van der Waals surface area contributed by atoms with E-state index >= 15 is 0 Å². The molecule has 0 aromatic carbocycles. The van der Waals surface area contributed by atoms with Gasteiger partial charge in [-0.2, -0.15) is 0 Å². The molecule has 12 heavy (non-hydrogen) atoms. The Morgan fingerprint density at radius 1 is 1.50 bits per heavy atom. The third-order valence-corrected chi connectivity index (χ3v) is 1.31. The molecular formula is C7H5NO4. The minimum Gasteiger partial charge on any atom is -0.506 e. The minimum atomic E-state index is -1.29. The molecule has 5 heteroatoms. The molecule has 0 aliphatic heterocycles. The predicted octanol–water partition coefficient (Wildman–Crippen LogP) is 0.298. The third kappa shape index (κ3) is 1.24. The average Bonchev–Trinajstić information content (AvgIpc) is 2.03. The highest BCUT2D eigenvalue weighted by Crippen LogP contribution is 2.16. The van der Waals surface area contributed by atoms with Crippen LogP contribution in [0, 0.1) is 0 Å². The van der Waals surface area contributed by atoms with Gasteiger partial charge in [0.1, 0.15) is 5.75 Å². The van der Waals surface area contributed by atoms with Crippen molar-refractivity contribution in [2.45, 2.75) is 0 Å². The third-order valence-electron chi connectivity index (χ3n) is 1.31. The number of hydrogen-bond donors (Lipinski definition) is 2. The number of aldehydes is 1. The van der Waals surface area contributed by atoms with E-state index in [0.717, 1.165) is 12.4 Å². The number of carbonyl (C=O) groups is 2. The smallest absolute Gasteiger partial charge is 0.338 e. The normalized spacial score (nSPS) is 9.33. The number of aromatic nitrogens is 1. The van der Waals surface area contributed by atoms with Gasteiger partial charge in [0, 0.05) is 6.20 Å². The molecule has 2 N–H and O–H groups in total. The summed E-state index contributed by atoms with van der Waals surface area (Å²) in [4.78, 5) is 24.1. The Kier molecular flexibility index (Phi) is 2.05. The van der Waals surface area contributed by atoms with E-state index in [9.17, 15) is 9.59 Å². The number of hydrogen-bond acceptors (Lipinski definition) is 4. The van der Waals surface area contributed by atoms with Crippen LogP contribution >= 0.6 is 0 Å². The molecule has 0 saturated carbocycles. The van der Waals surface area contributed by atoms with E-state index in [1.807, 2.05) is 0 Å². The van der Waals surface area contributed by atoms with Crippen molar-refractivity contribution >= 4 is 12.3 Å². The maximum absolute atomic E-state index is 10.4. The second kappa shape index (κ2) is 3.00. The second-order valence-electron chi connectivity index (χ2n) is 2.04. The number of aromatic carboxylic acids is 1. The molecule has 0 unspecified atom stereocenters. The van der Waals surface area contributed by atoms with Gasteiger partial charge in [-0.05, 0) is 0 Å². The molecule has 0 radical (unpaired) electrons. The largest absolute Gasteiger partial charge is 0.506 e. The van der Waals surface area contributed by atoms with Crippen LogP contribution in [0.4, 0.5) is 0 Å². The highest BCUT2D eigenvalue weighted by molar-refractivity contribution is 5.98. The Morgan fingerprint density at radius 3 is 2.58 bits per heavy atom. The van der Waals surface area contributed by atoms with Crippen molar-refractivity contribution in [3.63, 3.8) is 0 Å². The van der Waals surface area contributed by atoms with Gasteiger partial charge in [-0.1, -0.05) is 0 Å². The number of pyridine rings is 1. The van der Waals surface area contributed by atoms with Crippen molar-refractivity contribution in [1.29, 1.82) is 0 Å². The molecule has 1 heterocycles. The van der Waals surface area contributed by atoms with Crippen molar-refractivity contribution in [2.24, 2.45) is 0 Å². The molecule has 0 fully saturated rings. The molecular weight excluding hydrogens is 162 g/mol. The quantitative estimate of drug-likeness (QED) is 0.618. The summed E-state index contributed by atoms with van der Waals surface area (Å²) in [5.41, 5.74) is -0.553. The number of carboxylic acid groups (broad SMARTS) is 1. The molecule has 1 rings (SSSR count). The van der Waals surface area contributed by atoms with Crippen LogP contribution in [0.15, 0.2) is 12.4 Å². The number of carboxylic acids is 1. The molecule has 0 bridgehead atoms. The van der Waals surface area contributed by atoms with E-state index in [-0.39, 0.29) is 17.4 Å². The molecule has 0 saturated heterocycles. The van der Waals surface area contributed by atoms with Gasteiger partial charge in [-0.15, -0.1) is 0 Å². The van der Waals surface area contributed by atoms with Gasteiger partial charge in [-0.25, -0.2) is 4.79 Å². The summed E-state index contributed by atoms with van der Waals surface area (Å²) in [6.07, 6.45) is 2.29. The van der Waals surface area contributed by atoms with Crippen LogP contribution in [0.2, 0.25) is 0 Å². The average molecular weight is 167 g/mol. The van der Waals surface area contributed by atoms with E-state index in [4.69, 9.17) is 10.2 Å². The summed E-state index contributed by atoms with van der Waals surface area (Å²) in [7, 11) is 0. The van der Waals surface area contributed by atoms with Crippen LogP contribution in [-0.2, 0) is 0 Å². The zero-order chi connectivity index (χ0) is 9.14. The van der Waals surface area contributed by atoms with E-state index in [1.165, 1.54) is 0 Å². The van der Waals surface area contributed by atoms with Crippen molar-refractivity contribution in [1.82, 2.24) is 4.98 Å². The van der Waals surface area contributed by atoms with Crippen LogP contribution in [-0.4, -0.2) is 27.5 Å². The first kappa shape index (κ1) is 8.19. The van der Waals surface area contributed by atoms with Crippen LogP contribution < -0.4 is 0 Å². The van der Waals surface area contributed by atoms with Gasteiger partial charge in [0.2, 0.25) is 0 Å². The van der Waals surface area contributed by atoms with E-state index in [2.05, 4.69) is 4.98 Å². The summed E-state index contributed by atoms with van der Waals surface area (Å²) >= 11 is 0. The summed E-state index contributed by atoms with van der Waals surface area (Å²) in [5, 5.41) is 17.5. The van der Waals surface area contributed by atoms with Crippen LogP contribution in [0.1, 0.15) is 20.7 Å².